The summed E-state index contributed by atoms with van der Waals surface area (Å²) < 4.78 is 9.96. The molecule has 4 heteroatoms. The number of hydrogen-bond donors (Lipinski definition) is 1. The first-order valence-electron chi connectivity index (χ1n) is 5.29. The van der Waals surface area contributed by atoms with Gasteiger partial charge in [0.15, 0.2) is 0 Å². The van der Waals surface area contributed by atoms with Crippen LogP contribution in [0.5, 0.6) is 0 Å². The number of esters is 1. The van der Waals surface area contributed by atoms with Gasteiger partial charge >= 0.3 is 5.97 Å². The Labute approximate surface area is 90.9 Å². The minimum Gasteiger partial charge on any atom is -0.460 e. The smallest absolute Gasteiger partial charge is 0.330 e. The van der Waals surface area contributed by atoms with Gasteiger partial charge in [-0.1, -0.05) is 19.4 Å². The van der Waals surface area contributed by atoms with Crippen molar-refractivity contribution >= 4 is 5.97 Å². The molecule has 88 valence electrons. The van der Waals surface area contributed by atoms with E-state index in [1.54, 1.807) is 0 Å². The van der Waals surface area contributed by atoms with Gasteiger partial charge in [-0.25, -0.2) is 4.79 Å². The first-order valence-corrected chi connectivity index (χ1v) is 5.29. The predicted molar refractivity (Wildman–Crippen MR) is 57.5 cm³/mol. The molecule has 0 unspecified atom stereocenters. The van der Waals surface area contributed by atoms with Crippen molar-refractivity contribution in [2.45, 2.75) is 25.7 Å². The molecule has 0 aromatic heterocycles. The van der Waals surface area contributed by atoms with Gasteiger partial charge < -0.3 is 14.6 Å². The number of rotatable bonds is 10. The molecule has 0 aliphatic carbocycles. The van der Waals surface area contributed by atoms with E-state index in [0.29, 0.717) is 13.2 Å². The van der Waals surface area contributed by atoms with Gasteiger partial charge in [-0.3, -0.25) is 0 Å². The van der Waals surface area contributed by atoms with Crippen LogP contribution in [-0.2, 0) is 14.3 Å². The van der Waals surface area contributed by atoms with Crippen LogP contribution >= 0.6 is 0 Å². The number of unbranched alkanes of at least 4 members (excludes halogenated alkanes) is 3. The molecule has 15 heavy (non-hydrogen) atoms. The highest BCUT2D eigenvalue weighted by Crippen LogP contribution is 1.98. The molecule has 0 aromatic carbocycles. The first-order chi connectivity index (χ1) is 7.31. The summed E-state index contributed by atoms with van der Waals surface area (Å²) in [6.45, 7) is 4.93. The zero-order valence-corrected chi connectivity index (χ0v) is 9.11. The second-order valence-electron chi connectivity index (χ2n) is 3.12. The number of aliphatic hydroxyl groups is 1. The van der Waals surface area contributed by atoms with Crippen molar-refractivity contribution in [3.8, 4) is 0 Å². The molecular weight excluding hydrogens is 196 g/mol. The fourth-order valence-electron chi connectivity index (χ4n) is 1.03. The zero-order valence-electron chi connectivity index (χ0n) is 9.11. The summed E-state index contributed by atoms with van der Waals surface area (Å²) in [7, 11) is 0. The lowest BCUT2D eigenvalue weighted by Crippen LogP contribution is -2.08. The lowest BCUT2D eigenvalue weighted by atomic mass is 10.2. The fraction of sp³-hybridized carbons (Fsp3) is 0.727. The summed E-state index contributed by atoms with van der Waals surface area (Å²) in [5, 5.41) is 8.53. The van der Waals surface area contributed by atoms with Gasteiger partial charge in [-0.05, 0) is 12.8 Å². The lowest BCUT2D eigenvalue weighted by molar-refractivity contribution is -0.139. The highest BCUT2D eigenvalue weighted by Gasteiger charge is 1.95. The van der Waals surface area contributed by atoms with Crippen LogP contribution in [0.25, 0.3) is 0 Å². The Balaban J connectivity index is 2.98. The summed E-state index contributed by atoms with van der Waals surface area (Å²) in [5.74, 6) is -0.415. The number of ether oxygens (including phenoxy) is 2. The second-order valence-corrected chi connectivity index (χ2v) is 3.12. The third kappa shape index (κ3) is 11.1. The van der Waals surface area contributed by atoms with E-state index in [0.717, 1.165) is 31.8 Å². The molecule has 4 nitrogen and oxygen atoms in total. The average Bonchev–Trinajstić information content (AvgIpc) is 2.26. The molecule has 0 rings (SSSR count). The summed E-state index contributed by atoms with van der Waals surface area (Å²) in [5.41, 5.74) is 0. The quantitative estimate of drug-likeness (QED) is 0.339. The molecule has 1 N–H and O–H groups in total. The Morgan fingerprint density at radius 1 is 1.13 bits per heavy atom. The molecule has 0 saturated heterocycles. The van der Waals surface area contributed by atoms with Gasteiger partial charge in [-0.15, -0.1) is 0 Å². The summed E-state index contributed by atoms with van der Waals surface area (Å²) >= 11 is 0. The topological polar surface area (TPSA) is 55.8 Å². The average molecular weight is 216 g/mol. The van der Waals surface area contributed by atoms with Crippen molar-refractivity contribution in [1.29, 1.82) is 0 Å². The Kier molecular flexibility index (Phi) is 10.6. The van der Waals surface area contributed by atoms with E-state index in [2.05, 4.69) is 6.58 Å². The van der Waals surface area contributed by atoms with Crippen molar-refractivity contribution in [2.75, 3.05) is 26.4 Å². The van der Waals surface area contributed by atoms with Gasteiger partial charge in [0.25, 0.3) is 0 Å². The molecule has 0 bridgehead atoms. The maximum Gasteiger partial charge on any atom is 0.330 e. The van der Waals surface area contributed by atoms with Crippen LogP contribution < -0.4 is 0 Å². The van der Waals surface area contributed by atoms with Crippen LogP contribution in [0.15, 0.2) is 12.7 Å². The standard InChI is InChI=1S/C11H20O4/c1-2-11(13)15-10-9-14-8-6-4-3-5-7-12/h2,12H,1,3-10H2. The number of aliphatic hydroxyl groups excluding tert-OH is 1. The number of carbonyl (C=O) groups is 1. The van der Waals surface area contributed by atoms with Crippen LogP contribution in [0.4, 0.5) is 0 Å². The van der Waals surface area contributed by atoms with Gasteiger partial charge in [0.1, 0.15) is 6.61 Å². The molecule has 0 atom stereocenters. The predicted octanol–water partition coefficient (Wildman–Crippen LogP) is 1.28. The van der Waals surface area contributed by atoms with Gasteiger partial charge in [-0.2, -0.15) is 0 Å². The van der Waals surface area contributed by atoms with Crippen molar-refractivity contribution in [3.63, 3.8) is 0 Å². The van der Waals surface area contributed by atoms with E-state index in [1.165, 1.54) is 0 Å². The van der Waals surface area contributed by atoms with E-state index in [4.69, 9.17) is 14.6 Å². The van der Waals surface area contributed by atoms with E-state index < -0.39 is 5.97 Å². The molecule has 0 aliphatic rings. The second kappa shape index (κ2) is 11.2. The maximum atomic E-state index is 10.6. The molecule has 0 radical (unpaired) electrons. The van der Waals surface area contributed by atoms with Gasteiger partial charge in [0.2, 0.25) is 0 Å². The van der Waals surface area contributed by atoms with Crippen LogP contribution in [0.1, 0.15) is 25.7 Å². The third-order valence-corrected chi connectivity index (χ3v) is 1.84. The first kappa shape index (κ1) is 14.1. The minimum absolute atomic E-state index is 0.262. The van der Waals surface area contributed by atoms with Crippen molar-refractivity contribution in [1.82, 2.24) is 0 Å². The molecule has 0 fully saturated rings. The van der Waals surface area contributed by atoms with Crippen LogP contribution in [0.2, 0.25) is 0 Å². The Bertz CT molecular complexity index is 168. The minimum atomic E-state index is -0.415. The molecule has 0 aromatic rings. The van der Waals surface area contributed by atoms with Crippen molar-refractivity contribution in [2.24, 2.45) is 0 Å². The van der Waals surface area contributed by atoms with Gasteiger partial charge in [0, 0.05) is 19.3 Å². The zero-order chi connectivity index (χ0) is 11.4. The van der Waals surface area contributed by atoms with E-state index in [-0.39, 0.29) is 13.2 Å². The summed E-state index contributed by atoms with van der Waals surface area (Å²) in [6, 6.07) is 0. The number of hydrogen-bond acceptors (Lipinski definition) is 4. The SMILES string of the molecule is C=CC(=O)OCCOCCCCCCO. The third-order valence-electron chi connectivity index (χ3n) is 1.84. The number of carbonyl (C=O) groups excluding carboxylic acids is 1. The maximum absolute atomic E-state index is 10.6. The molecule has 0 aliphatic heterocycles. The Morgan fingerprint density at radius 2 is 1.87 bits per heavy atom. The molecular formula is C11H20O4. The molecule has 0 saturated carbocycles. The molecule has 0 heterocycles. The van der Waals surface area contributed by atoms with E-state index in [9.17, 15) is 4.79 Å². The molecule has 0 spiro atoms. The normalized spacial score (nSPS) is 9.93. The summed E-state index contributed by atoms with van der Waals surface area (Å²) in [4.78, 5) is 10.6. The van der Waals surface area contributed by atoms with Gasteiger partial charge in [0.05, 0.1) is 6.61 Å². The largest absolute Gasteiger partial charge is 0.460 e. The summed E-state index contributed by atoms with van der Waals surface area (Å²) in [6.07, 6.45) is 5.07. The highest BCUT2D eigenvalue weighted by molar-refractivity contribution is 5.81. The monoisotopic (exact) mass is 216 g/mol. The van der Waals surface area contributed by atoms with Crippen LogP contribution in [-0.4, -0.2) is 37.5 Å². The lowest BCUT2D eigenvalue weighted by Gasteiger charge is -2.04. The van der Waals surface area contributed by atoms with E-state index in [1.807, 2.05) is 0 Å². The van der Waals surface area contributed by atoms with Crippen molar-refractivity contribution in [3.05, 3.63) is 12.7 Å². The molecule has 0 amide bonds. The Hall–Kier alpha value is -0.870. The van der Waals surface area contributed by atoms with Crippen LogP contribution in [0, 0.1) is 0 Å². The van der Waals surface area contributed by atoms with Crippen LogP contribution in [0.3, 0.4) is 0 Å². The highest BCUT2D eigenvalue weighted by atomic mass is 16.6. The van der Waals surface area contributed by atoms with Crippen molar-refractivity contribution < 1.29 is 19.4 Å². The Morgan fingerprint density at radius 3 is 2.53 bits per heavy atom. The van der Waals surface area contributed by atoms with E-state index >= 15 is 0 Å². The fourth-order valence-corrected chi connectivity index (χ4v) is 1.03.